The largest absolute Gasteiger partial charge is 0.394 e. The van der Waals surface area contributed by atoms with E-state index in [1.165, 1.54) is 4.80 Å². The second-order valence-corrected chi connectivity index (χ2v) is 3.90. The maximum Gasteiger partial charge on any atom is 0.193 e. The second-order valence-electron chi connectivity index (χ2n) is 3.90. The van der Waals surface area contributed by atoms with Crippen molar-refractivity contribution in [1.29, 1.82) is 0 Å². The maximum absolute atomic E-state index is 8.76. The monoisotopic (exact) mass is 185 g/mol. The Labute approximate surface area is 76.7 Å². The number of aliphatic hydroxyl groups is 1. The SMILES string of the molecule is CC(C)(C)n1nnc([C@@H](N)CO)n1. The van der Waals surface area contributed by atoms with E-state index >= 15 is 0 Å². The highest BCUT2D eigenvalue weighted by molar-refractivity contribution is 4.87. The Morgan fingerprint density at radius 1 is 1.54 bits per heavy atom. The Morgan fingerprint density at radius 3 is 2.54 bits per heavy atom. The van der Waals surface area contributed by atoms with Crippen LogP contribution in [-0.4, -0.2) is 31.9 Å². The van der Waals surface area contributed by atoms with E-state index in [1.54, 1.807) is 0 Å². The lowest BCUT2D eigenvalue weighted by atomic mass is 10.1. The highest BCUT2D eigenvalue weighted by Crippen LogP contribution is 2.10. The number of aromatic nitrogens is 4. The minimum Gasteiger partial charge on any atom is -0.394 e. The minimum atomic E-state index is -0.545. The third-order valence-electron chi connectivity index (χ3n) is 1.56. The summed E-state index contributed by atoms with van der Waals surface area (Å²) in [7, 11) is 0. The van der Waals surface area contributed by atoms with Crippen molar-refractivity contribution >= 4 is 0 Å². The third-order valence-corrected chi connectivity index (χ3v) is 1.56. The molecule has 6 heteroatoms. The summed E-state index contributed by atoms with van der Waals surface area (Å²) in [4.78, 5) is 1.48. The Morgan fingerprint density at radius 2 is 2.15 bits per heavy atom. The number of aliphatic hydroxyl groups excluding tert-OH is 1. The van der Waals surface area contributed by atoms with Crippen molar-refractivity contribution < 1.29 is 5.11 Å². The smallest absolute Gasteiger partial charge is 0.193 e. The molecule has 1 atom stereocenters. The fourth-order valence-corrected chi connectivity index (χ4v) is 0.739. The van der Waals surface area contributed by atoms with Gasteiger partial charge in [-0.05, 0) is 26.0 Å². The summed E-state index contributed by atoms with van der Waals surface area (Å²) in [6.45, 7) is 5.71. The van der Waals surface area contributed by atoms with Gasteiger partial charge in [-0.1, -0.05) is 0 Å². The van der Waals surface area contributed by atoms with Crippen LogP contribution in [0.4, 0.5) is 0 Å². The van der Waals surface area contributed by atoms with Gasteiger partial charge in [0.05, 0.1) is 18.2 Å². The molecule has 6 nitrogen and oxygen atoms in total. The minimum absolute atomic E-state index is 0.171. The molecule has 1 aromatic rings. The number of hydrogen-bond acceptors (Lipinski definition) is 5. The molecule has 0 aliphatic carbocycles. The van der Waals surface area contributed by atoms with Crippen molar-refractivity contribution in [3.63, 3.8) is 0 Å². The van der Waals surface area contributed by atoms with Crippen LogP contribution in [0.5, 0.6) is 0 Å². The first-order valence-corrected chi connectivity index (χ1v) is 4.12. The van der Waals surface area contributed by atoms with Gasteiger partial charge in [-0.15, -0.1) is 10.2 Å². The van der Waals surface area contributed by atoms with Gasteiger partial charge in [0.2, 0.25) is 0 Å². The lowest BCUT2D eigenvalue weighted by molar-refractivity contribution is 0.260. The molecule has 1 heterocycles. The van der Waals surface area contributed by atoms with E-state index in [2.05, 4.69) is 15.4 Å². The highest BCUT2D eigenvalue weighted by Gasteiger charge is 2.19. The molecule has 3 N–H and O–H groups in total. The van der Waals surface area contributed by atoms with E-state index in [-0.39, 0.29) is 12.1 Å². The summed E-state index contributed by atoms with van der Waals surface area (Å²) in [6.07, 6.45) is 0. The Kier molecular flexibility index (Phi) is 2.63. The second kappa shape index (κ2) is 3.39. The van der Waals surface area contributed by atoms with Crippen molar-refractivity contribution in [1.82, 2.24) is 20.2 Å². The molecule has 0 fully saturated rings. The van der Waals surface area contributed by atoms with Crippen LogP contribution in [0.15, 0.2) is 0 Å². The van der Waals surface area contributed by atoms with E-state index in [4.69, 9.17) is 10.8 Å². The third kappa shape index (κ3) is 2.22. The Bertz CT molecular complexity index is 277. The maximum atomic E-state index is 8.76. The van der Waals surface area contributed by atoms with Gasteiger partial charge in [-0.3, -0.25) is 0 Å². The molecule has 0 radical (unpaired) electrons. The molecule has 0 aromatic carbocycles. The first-order valence-electron chi connectivity index (χ1n) is 4.12. The van der Waals surface area contributed by atoms with Crippen LogP contribution >= 0.6 is 0 Å². The Balaban J connectivity index is 2.87. The summed E-state index contributed by atoms with van der Waals surface area (Å²) in [5.74, 6) is 0.373. The van der Waals surface area contributed by atoms with Gasteiger partial charge in [0.1, 0.15) is 0 Å². The van der Waals surface area contributed by atoms with Gasteiger partial charge < -0.3 is 10.8 Å². The zero-order valence-corrected chi connectivity index (χ0v) is 8.10. The molecular weight excluding hydrogens is 170 g/mol. The number of hydrogen-bond donors (Lipinski definition) is 2. The normalized spacial score (nSPS) is 14.5. The zero-order chi connectivity index (χ0) is 10.1. The van der Waals surface area contributed by atoms with Gasteiger partial charge in [-0.2, -0.15) is 4.80 Å². The van der Waals surface area contributed by atoms with Crippen molar-refractivity contribution in [3.05, 3.63) is 5.82 Å². The van der Waals surface area contributed by atoms with Crippen LogP contribution in [0.1, 0.15) is 32.6 Å². The first kappa shape index (κ1) is 10.1. The van der Waals surface area contributed by atoms with E-state index in [0.29, 0.717) is 5.82 Å². The zero-order valence-electron chi connectivity index (χ0n) is 8.10. The fraction of sp³-hybridized carbons (Fsp3) is 0.857. The molecular formula is C7H15N5O. The van der Waals surface area contributed by atoms with Crippen molar-refractivity contribution in [2.45, 2.75) is 32.4 Å². The number of nitrogens with two attached hydrogens (primary N) is 1. The molecule has 0 aliphatic heterocycles. The summed E-state index contributed by atoms with van der Waals surface area (Å²) >= 11 is 0. The molecule has 0 aliphatic rings. The number of nitrogens with zero attached hydrogens (tertiary/aromatic N) is 4. The molecule has 0 unspecified atom stereocenters. The highest BCUT2D eigenvalue weighted by atomic mass is 16.3. The first-order chi connectivity index (χ1) is 5.95. The predicted molar refractivity (Wildman–Crippen MR) is 46.8 cm³/mol. The van der Waals surface area contributed by atoms with Gasteiger partial charge in [-0.25, -0.2) is 0 Å². The van der Waals surface area contributed by atoms with Gasteiger partial charge in [0, 0.05) is 0 Å². The van der Waals surface area contributed by atoms with Crippen LogP contribution in [-0.2, 0) is 5.54 Å². The molecule has 13 heavy (non-hydrogen) atoms. The average molecular weight is 185 g/mol. The molecule has 1 aromatic heterocycles. The molecule has 1 rings (SSSR count). The molecule has 0 amide bonds. The van der Waals surface area contributed by atoms with Gasteiger partial charge in [0.25, 0.3) is 0 Å². The quantitative estimate of drug-likeness (QED) is 0.643. The summed E-state index contributed by atoms with van der Waals surface area (Å²) in [5, 5.41) is 20.4. The van der Waals surface area contributed by atoms with Crippen molar-refractivity contribution in [3.8, 4) is 0 Å². The predicted octanol–water partition coefficient (Wildman–Crippen LogP) is -0.580. The van der Waals surface area contributed by atoms with Gasteiger partial charge >= 0.3 is 0 Å². The topological polar surface area (TPSA) is 89.9 Å². The molecule has 0 saturated heterocycles. The molecule has 0 spiro atoms. The Hall–Kier alpha value is -1.01. The molecule has 0 bridgehead atoms. The molecule has 74 valence electrons. The summed E-state index contributed by atoms with van der Waals surface area (Å²) in [5.41, 5.74) is 5.31. The lowest BCUT2D eigenvalue weighted by Crippen LogP contribution is -2.25. The molecule has 0 saturated carbocycles. The van der Waals surface area contributed by atoms with Crippen LogP contribution < -0.4 is 5.73 Å². The number of rotatable bonds is 2. The number of tetrazole rings is 1. The van der Waals surface area contributed by atoms with E-state index in [9.17, 15) is 0 Å². The van der Waals surface area contributed by atoms with E-state index in [1.807, 2.05) is 20.8 Å². The summed E-state index contributed by atoms with van der Waals surface area (Å²) < 4.78 is 0. The van der Waals surface area contributed by atoms with Crippen molar-refractivity contribution in [2.24, 2.45) is 5.73 Å². The van der Waals surface area contributed by atoms with Crippen LogP contribution in [0.3, 0.4) is 0 Å². The van der Waals surface area contributed by atoms with Crippen LogP contribution in [0, 0.1) is 0 Å². The van der Waals surface area contributed by atoms with Crippen LogP contribution in [0.25, 0.3) is 0 Å². The fourth-order valence-electron chi connectivity index (χ4n) is 0.739. The standard InChI is InChI=1S/C7H15N5O/c1-7(2,3)12-10-6(9-11-12)5(8)4-13/h5,13H,4,8H2,1-3H3/t5-/m0/s1. The lowest BCUT2D eigenvalue weighted by Gasteiger charge is -2.15. The average Bonchev–Trinajstić information content (AvgIpc) is 2.50. The summed E-state index contributed by atoms with van der Waals surface area (Å²) in [6, 6.07) is -0.545. The van der Waals surface area contributed by atoms with E-state index < -0.39 is 6.04 Å². The van der Waals surface area contributed by atoms with Gasteiger partial charge in [0.15, 0.2) is 5.82 Å². The van der Waals surface area contributed by atoms with Crippen LogP contribution in [0.2, 0.25) is 0 Å². The van der Waals surface area contributed by atoms with Crippen molar-refractivity contribution in [2.75, 3.05) is 6.61 Å². The van der Waals surface area contributed by atoms with E-state index in [0.717, 1.165) is 0 Å².